The molecule has 0 spiro atoms. The number of hydrogen-bond acceptors (Lipinski definition) is 12. The average molecular weight is 1120 g/mol. The molecule has 82 heavy (non-hydrogen) atoms. The minimum absolute atomic E-state index is 0.0169. The first kappa shape index (κ1) is 57.1. The number of aryl methyl sites for hydroxylation is 1. The van der Waals surface area contributed by atoms with Crippen LogP contribution in [0.1, 0.15) is 65.5 Å². The highest BCUT2D eigenvalue weighted by Crippen LogP contribution is 2.32. The zero-order valence-corrected chi connectivity index (χ0v) is 46.0. The Morgan fingerprint density at radius 1 is 0.683 bits per heavy atom. The van der Waals surface area contributed by atoms with E-state index in [2.05, 4.69) is 36.9 Å². The summed E-state index contributed by atoms with van der Waals surface area (Å²) in [5.41, 5.74) is 11.6. The lowest BCUT2D eigenvalue weighted by atomic mass is 9.89. The van der Waals surface area contributed by atoms with Crippen molar-refractivity contribution < 1.29 is 43.3 Å². The Morgan fingerprint density at radius 3 is 2.10 bits per heavy atom. The summed E-state index contributed by atoms with van der Waals surface area (Å²) < 4.78 is 12.0. The van der Waals surface area contributed by atoms with Gasteiger partial charge in [-0.25, -0.2) is 4.79 Å². The van der Waals surface area contributed by atoms with Crippen molar-refractivity contribution in [1.82, 2.24) is 46.7 Å². The number of benzene rings is 5. The molecule has 6 aromatic rings. The van der Waals surface area contributed by atoms with Gasteiger partial charge in [-0.05, 0) is 116 Å². The SMILES string of the molecule is NCCNC(=O)O[C@@H]1C[C@H]2C(=O)N[C@@H](CCc3ccccc3)C(=O)N[C@@H](Cc3c[nH]c4ccccc34)C(=O)N[C@@H](CC3CCNCC3)C(=O)N[C@@H](Cc3ccc(OCc4ccccc4)cc3)C(O)N3Cc4ccccc4C[C@H]3C(=O)N2C1. The second kappa shape index (κ2) is 27.1. The van der Waals surface area contributed by atoms with Gasteiger partial charge < -0.3 is 62.1 Å². The second-order valence-electron chi connectivity index (χ2n) is 22.0. The summed E-state index contributed by atoms with van der Waals surface area (Å²) in [7, 11) is 0. The number of aliphatic hydroxyl groups excluding tert-OH is 1. The Hall–Kier alpha value is -8.10. The minimum Gasteiger partial charge on any atom is -0.489 e. The Bertz CT molecular complexity index is 3160. The maximum atomic E-state index is 15.7. The first-order valence-electron chi connectivity index (χ1n) is 28.7. The molecule has 19 heteroatoms. The number of carbonyl (C=O) groups excluding carboxylic acids is 6. The number of carbonyl (C=O) groups is 6. The van der Waals surface area contributed by atoms with E-state index in [4.69, 9.17) is 15.2 Å². The van der Waals surface area contributed by atoms with Crippen molar-refractivity contribution in [1.29, 1.82) is 0 Å². The van der Waals surface area contributed by atoms with Crippen molar-refractivity contribution in [2.75, 3.05) is 32.7 Å². The number of aliphatic hydroxyl groups is 1. The van der Waals surface area contributed by atoms with Gasteiger partial charge in [0.15, 0.2) is 0 Å². The van der Waals surface area contributed by atoms with Crippen LogP contribution in [0.3, 0.4) is 0 Å². The highest BCUT2D eigenvalue weighted by atomic mass is 16.6. The van der Waals surface area contributed by atoms with Crippen LogP contribution in [0.2, 0.25) is 0 Å². The number of ether oxygens (including phenoxy) is 2. The highest BCUT2D eigenvalue weighted by Gasteiger charge is 2.48. The number of nitrogens with two attached hydrogens (primary N) is 1. The van der Waals surface area contributed by atoms with E-state index in [1.165, 1.54) is 4.90 Å². The van der Waals surface area contributed by atoms with Gasteiger partial charge in [0.1, 0.15) is 48.9 Å². The Morgan fingerprint density at radius 2 is 1.34 bits per heavy atom. The van der Waals surface area contributed by atoms with Crippen LogP contribution in [0.15, 0.2) is 140 Å². The number of aromatic nitrogens is 1. The van der Waals surface area contributed by atoms with E-state index in [1.54, 1.807) is 11.1 Å². The molecule has 0 aliphatic carbocycles. The van der Waals surface area contributed by atoms with Gasteiger partial charge in [0.2, 0.25) is 29.5 Å². The van der Waals surface area contributed by atoms with Crippen LogP contribution in [0.25, 0.3) is 10.9 Å². The highest BCUT2D eigenvalue weighted by molar-refractivity contribution is 5.97. The van der Waals surface area contributed by atoms with Crippen LogP contribution in [0.5, 0.6) is 5.75 Å². The van der Waals surface area contributed by atoms with Crippen LogP contribution in [0.4, 0.5) is 4.79 Å². The lowest BCUT2D eigenvalue weighted by molar-refractivity contribution is -0.150. The topological polar surface area (TPSA) is 262 Å². The lowest BCUT2D eigenvalue weighted by Crippen LogP contribution is -2.64. The summed E-state index contributed by atoms with van der Waals surface area (Å²) in [6.07, 6.45) is 0.907. The Kier molecular flexibility index (Phi) is 18.9. The normalized spacial score (nSPS) is 24.1. The third kappa shape index (κ3) is 14.3. The van der Waals surface area contributed by atoms with Crippen molar-refractivity contribution >= 4 is 46.5 Å². The molecule has 430 valence electrons. The van der Waals surface area contributed by atoms with Crippen molar-refractivity contribution in [2.24, 2.45) is 11.7 Å². The molecule has 10 rings (SSSR count). The first-order chi connectivity index (χ1) is 40.0. The number of rotatable bonds is 15. The number of para-hydroxylation sites is 1. The molecule has 4 aliphatic rings. The standard InChI is InChI=1S/C63H74N10O9/c64-27-30-66-63(80)82-48-35-55-60(77)68-51(24-21-40-11-3-1-4-12-40)57(74)70-53(33-46-36-67-50-18-10-9-17-49(46)50)59(76)69-52(31-42-25-28-65-29-26-42)58(75)71-54(32-41-19-22-47(23-20-41)81-39-43-13-5-2-6-14-43)61(78)72-37-45-16-8-7-15-44(45)34-56(72)62(79)73(55)38-48/h1-20,22-23,36,42,48,51-56,61,65,67,78H,21,24-35,37-39,64H2,(H,66,80)(H,68,77)(H,69,76)(H,70,74)(H,71,75)/t48-,51+,52+,53+,54+,55+,56+,61?/m1/s1. The van der Waals surface area contributed by atoms with Gasteiger partial charge in [0, 0.05) is 49.6 Å². The predicted octanol–water partition coefficient (Wildman–Crippen LogP) is 3.91. The molecule has 0 radical (unpaired) electrons. The third-order valence-corrected chi connectivity index (χ3v) is 16.4. The molecular weight excluding hydrogens is 1040 g/mol. The van der Waals surface area contributed by atoms with Gasteiger partial charge >= 0.3 is 6.09 Å². The van der Waals surface area contributed by atoms with Crippen LogP contribution in [0, 0.1) is 5.92 Å². The molecule has 10 N–H and O–H groups in total. The van der Waals surface area contributed by atoms with Crippen molar-refractivity contribution in [3.8, 4) is 5.75 Å². The van der Waals surface area contributed by atoms with Gasteiger partial charge in [-0.1, -0.05) is 115 Å². The van der Waals surface area contributed by atoms with Crippen LogP contribution in [-0.2, 0) is 67.5 Å². The molecular formula is C63H74N10O9. The molecule has 4 aliphatic heterocycles. The molecule has 8 atom stereocenters. The molecule has 3 fully saturated rings. The quantitative estimate of drug-likeness (QED) is 0.0710. The summed E-state index contributed by atoms with van der Waals surface area (Å²) in [6.45, 7) is 2.00. The van der Waals surface area contributed by atoms with Crippen LogP contribution in [-0.4, -0.2) is 137 Å². The van der Waals surface area contributed by atoms with Crippen molar-refractivity contribution in [3.63, 3.8) is 0 Å². The lowest BCUT2D eigenvalue weighted by Gasteiger charge is -2.43. The van der Waals surface area contributed by atoms with Crippen molar-refractivity contribution in [3.05, 3.63) is 173 Å². The van der Waals surface area contributed by atoms with Gasteiger partial charge in [-0.3, -0.25) is 28.9 Å². The maximum Gasteiger partial charge on any atom is 0.407 e. The summed E-state index contributed by atoms with van der Waals surface area (Å²) >= 11 is 0. The fourth-order valence-corrected chi connectivity index (χ4v) is 11.9. The molecule has 5 aromatic carbocycles. The number of fused-ring (bicyclic) bond motifs is 4. The summed E-state index contributed by atoms with van der Waals surface area (Å²) in [5, 5.41) is 32.3. The predicted molar refractivity (Wildman–Crippen MR) is 309 cm³/mol. The van der Waals surface area contributed by atoms with E-state index in [0.29, 0.717) is 18.8 Å². The monoisotopic (exact) mass is 1110 g/mol. The maximum absolute atomic E-state index is 15.7. The molecule has 0 saturated carbocycles. The fraction of sp³-hybridized carbons (Fsp3) is 0.397. The van der Waals surface area contributed by atoms with E-state index >= 15 is 24.0 Å². The van der Waals surface area contributed by atoms with E-state index in [0.717, 1.165) is 70.2 Å². The van der Waals surface area contributed by atoms with Crippen LogP contribution >= 0.6 is 0 Å². The second-order valence-corrected chi connectivity index (χ2v) is 22.0. The molecule has 1 aromatic heterocycles. The largest absolute Gasteiger partial charge is 0.489 e. The minimum atomic E-state index is -1.52. The number of H-pyrrole nitrogens is 1. The molecule has 6 amide bonds. The van der Waals surface area contributed by atoms with Crippen molar-refractivity contribution in [2.45, 2.75) is 120 Å². The van der Waals surface area contributed by atoms with E-state index in [1.807, 2.05) is 133 Å². The fourth-order valence-electron chi connectivity index (χ4n) is 11.9. The van der Waals surface area contributed by atoms with Gasteiger partial charge in [0.25, 0.3) is 0 Å². The smallest absolute Gasteiger partial charge is 0.407 e. The van der Waals surface area contributed by atoms with E-state index in [-0.39, 0.29) is 70.6 Å². The molecule has 0 bridgehead atoms. The Labute approximate surface area is 477 Å². The molecule has 5 heterocycles. The first-order valence-corrected chi connectivity index (χ1v) is 28.7. The third-order valence-electron chi connectivity index (χ3n) is 16.4. The number of piperidine rings is 1. The van der Waals surface area contributed by atoms with E-state index < -0.39 is 84.2 Å². The van der Waals surface area contributed by atoms with E-state index in [9.17, 15) is 9.90 Å². The molecule has 19 nitrogen and oxygen atoms in total. The van der Waals surface area contributed by atoms with Gasteiger partial charge in [-0.2, -0.15) is 0 Å². The summed E-state index contributed by atoms with van der Waals surface area (Å²) in [5.74, 6) is -2.34. The van der Waals surface area contributed by atoms with Gasteiger partial charge in [0.05, 0.1) is 18.6 Å². The summed E-state index contributed by atoms with van der Waals surface area (Å²) in [4.78, 5) is 96.2. The number of alkyl carbamates (subject to hydrolysis) is 1. The Balaban J connectivity index is 1.05. The van der Waals surface area contributed by atoms with Crippen LogP contribution < -0.4 is 42.4 Å². The average Bonchev–Trinajstić information content (AvgIpc) is 4.30. The number of nitrogens with zero attached hydrogens (tertiary/aromatic N) is 2. The van der Waals surface area contributed by atoms with Gasteiger partial charge in [-0.15, -0.1) is 0 Å². The summed E-state index contributed by atoms with van der Waals surface area (Å²) in [6, 6.07) is 34.9. The number of aromatic amines is 1. The zero-order chi connectivity index (χ0) is 57.0. The number of nitrogens with one attached hydrogen (secondary N) is 7. The molecule has 3 saturated heterocycles. The zero-order valence-electron chi connectivity index (χ0n) is 46.0. The molecule has 1 unspecified atom stereocenters. The number of amides is 6. The number of hydrogen-bond donors (Lipinski definition) is 9.